The van der Waals surface area contributed by atoms with E-state index < -0.39 is 11.6 Å². The number of hydrogen-bond donors (Lipinski definition) is 1. The normalized spacial score (nSPS) is 17.0. The van der Waals surface area contributed by atoms with E-state index in [0.717, 1.165) is 56.1 Å². The second kappa shape index (κ2) is 9.14. The molecule has 1 fully saturated rings. The number of nitrogens with one attached hydrogen (secondary N) is 1. The maximum atomic E-state index is 14.2. The molecule has 28 heavy (non-hydrogen) atoms. The lowest BCUT2D eigenvalue weighted by atomic mass is 10.0. The van der Waals surface area contributed by atoms with E-state index >= 15 is 0 Å². The summed E-state index contributed by atoms with van der Waals surface area (Å²) in [5.74, 6) is 0.539. The molecule has 1 aromatic heterocycles. The molecule has 6 nitrogen and oxygen atoms in total. The molecule has 1 aliphatic heterocycles. The van der Waals surface area contributed by atoms with Gasteiger partial charge >= 0.3 is 0 Å². The first-order valence-electron chi connectivity index (χ1n) is 9.58. The van der Waals surface area contributed by atoms with Crippen molar-refractivity contribution in [1.82, 2.24) is 20.3 Å². The number of aryl methyl sites for hydroxylation is 1. The van der Waals surface area contributed by atoms with E-state index in [-0.39, 0.29) is 6.04 Å². The molecule has 1 aliphatic rings. The van der Waals surface area contributed by atoms with Crippen LogP contribution in [-0.2, 0) is 6.54 Å². The molecular formula is C20H27F2N5O. The molecule has 2 aromatic rings. The van der Waals surface area contributed by atoms with Gasteiger partial charge in [0, 0.05) is 57.0 Å². The van der Waals surface area contributed by atoms with Crippen LogP contribution in [-0.4, -0.2) is 54.1 Å². The van der Waals surface area contributed by atoms with Gasteiger partial charge in [0.1, 0.15) is 11.6 Å². The van der Waals surface area contributed by atoms with E-state index in [1.807, 2.05) is 19.9 Å². The van der Waals surface area contributed by atoms with Gasteiger partial charge in [0.25, 0.3) is 0 Å². The maximum absolute atomic E-state index is 14.2. The number of guanidine groups is 1. The number of hydrogen-bond acceptors (Lipinski definition) is 4. The molecule has 3 rings (SSSR count). The molecule has 0 bridgehead atoms. The highest BCUT2D eigenvalue weighted by Gasteiger charge is 2.27. The molecule has 1 saturated heterocycles. The van der Waals surface area contributed by atoms with Gasteiger partial charge in [0.15, 0.2) is 11.7 Å². The van der Waals surface area contributed by atoms with E-state index in [0.29, 0.717) is 12.1 Å². The van der Waals surface area contributed by atoms with Crippen molar-refractivity contribution in [3.63, 3.8) is 0 Å². The third-order valence-corrected chi connectivity index (χ3v) is 5.07. The zero-order valence-electron chi connectivity index (χ0n) is 16.6. The first-order chi connectivity index (χ1) is 13.5. The van der Waals surface area contributed by atoms with Gasteiger partial charge in [0.05, 0.1) is 12.2 Å². The van der Waals surface area contributed by atoms with Crippen molar-refractivity contribution in [2.45, 2.75) is 32.9 Å². The Hall–Kier alpha value is -2.48. The second-order valence-corrected chi connectivity index (χ2v) is 6.95. The fraction of sp³-hybridized carbons (Fsp3) is 0.500. The third-order valence-electron chi connectivity index (χ3n) is 5.07. The summed E-state index contributed by atoms with van der Waals surface area (Å²) in [7, 11) is 1.75. The predicted octanol–water partition coefficient (Wildman–Crippen LogP) is 3.11. The first kappa shape index (κ1) is 20.3. The fourth-order valence-corrected chi connectivity index (χ4v) is 3.69. The highest BCUT2D eigenvalue weighted by atomic mass is 19.1. The van der Waals surface area contributed by atoms with Gasteiger partial charge in [-0.2, -0.15) is 0 Å². The molecule has 152 valence electrons. The molecule has 1 atom stereocenters. The van der Waals surface area contributed by atoms with Crippen molar-refractivity contribution in [2.24, 2.45) is 4.99 Å². The zero-order valence-corrected chi connectivity index (χ0v) is 16.6. The number of rotatable bonds is 5. The lowest BCUT2D eigenvalue weighted by Crippen LogP contribution is -2.53. The summed E-state index contributed by atoms with van der Waals surface area (Å²) in [6, 6.07) is 5.68. The summed E-state index contributed by atoms with van der Waals surface area (Å²) in [5, 5.41) is 7.18. The summed E-state index contributed by atoms with van der Waals surface area (Å²) in [5.41, 5.74) is 1.40. The minimum Gasteiger partial charge on any atom is -0.359 e. The maximum Gasteiger partial charge on any atom is 0.194 e. The topological polar surface area (TPSA) is 56.9 Å². The van der Waals surface area contributed by atoms with Gasteiger partial charge in [-0.3, -0.25) is 9.89 Å². The molecule has 1 aromatic carbocycles. The van der Waals surface area contributed by atoms with E-state index in [4.69, 9.17) is 4.52 Å². The molecule has 8 heteroatoms. The quantitative estimate of drug-likeness (QED) is 0.627. The third kappa shape index (κ3) is 4.67. The Bertz CT molecular complexity index is 815. The van der Waals surface area contributed by atoms with Crippen molar-refractivity contribution < 1.29 is 13.3 Å². The molecule has 2 heterocycles. The van der Waals surface area contributed by atoms with E-state index in [1.165, 1.54) is 6.07 Å². The van der Waals surface area contributed by atoms with Crippen LogP contribution in [0.15, 0.2) is 33.8 Å². The van der Waals surface area contributed by atoms with Crippen molar-refractivity contribution >= 4 is 5.96 Å². The van der Waals surface area contributed by atoms with Gasteiger partial charge in [-0.1, -0.05) is 18.1 Å². The van der Waals surface area contributed by atoms with Crippen LogP contribution in [0.25, 0.3) is 0 Å². The molecular weight excluding hydrogens is 364 g/mol. The molecule has 0 spiro atoms. The lowest BCUT2D eigenvalue weighted by molar-refractivity contribution is 0.124. The first-order valence-corrected chi connectivity index (χ1v) is 9.58. The van der Waals surface area contributed by atoms with Crippen LogP contribution in [0.1, 0.15) is 36.4 Å². The Kier molecular flexibility index (Phi) is 6.61. The van der Waals surface area contributed by atoms with Gasteiger partial charge < -0.3 is 14.7 Å². The number of nitrogens with zero attached hydrogens (tertiary/aromatic N) is 4. The van der Waals surface area contributed by atoms with Crippen LogP contribution >= 0.6 is 0 Å². The Labute approximate surface area is 164 Å². The van der Waals surface area contributed by atoms with Crippen LogP contribution in [0, 0.1) is 18.6 Å². The second-order valence-electron chi connectivity index (χ2n) is 6.95. The van der Waals surface area contributed by atoms with Crippen molar-refractivity contribution in [3.05, 3.63) is 52.9 Å². The average Bonchev–Trinajstić information content (AvgIpc) is 3.11. The summed E-state index contributed by atoms with van der Waals surface area (Å²) >= 11 is 0. The van der Waals surface area contributed by atoms with Crippen LogP contribution in [0.3, 0.4) is 0 Å². The Balaban J connectivity index is 1.58. The monoisotopic (exact) mass is 391 g/mol. The van der Waals surface area contributed by atoms with Crippen LogP contribution in [0.5, 0.6) is 0 Å². The minimum atomic E-state index is -0.544. The van der Waals surface area contributed by atoms with Gasteiger partial charge in [-0.05, 0) is 19.4 Å². The Morgan fingerprint density at radius 2 is 2.00 bits per heavy atom. The summed E-state index contributed by atoms with van der Waals surface area (Å²) in [6.45, 7) is 7.53. The SMILES string of the molecule is CCC(c1ccc(F)cc1F)N1CCN(C(=NC)NCc2cc(C)no2)CC1. The Morgan fingerprint density at radius 1 is 1.25 bits per heavy atom. The van der Waals surface area contributed by atoms with E-state index in [2.05, 4.69) is 25.3 Å². The number of piperazine rings is 1. The summed E-state index contributed by atoms with van der Waals surface area (Å²) in [6.07, 6.45) is 0.764. The van der Waals surface area contributed by atoms with E-state index in [1.54, 1.807) is 13.1 Å². The zero-order chi connectivity index (χ0) is 20.1. The van der Waals surface area contributed by atoms with Crippen molar-refractivity contribution in [3.8, 4) is 0 Å². The smallest absolute Gasteiger partial charge is 0.194 e. The Morgan fingerprint density at radius 3 is 2.57 bits per heavy atom. The molecule has 1 unspecified atom stereocenters. The summed E-state index contributed by atoms with van der Waals surface area (Å²) < 4.78 is 32.7. The van der Waals surface area contributed by atoms with Gasteiger partial charge in [-0.25, -0.2) is 8.78 Å². The number of aliphatic imine (C=N–C) groups is 1. The minimum absolute atomic E-state index is 0.0603. The molecule has 0 aliphatic carbocycles. The molecule has 0 saturated carbocycles. The lowest BCUT2D eigenvalue weighted by Gasteiger charge is -2.40. The van der Waals surface area contributed by atoms with Crippen LogP contribution < -0.4 is 5.32 Å². The number of halogens is 2. The molecule has 0 amide bonds. The molecule has 1 N–H and O–H groups in total. The predicted molar refractivity (Wildman–Crippen MR) is 104 cm³/mol. The highest BCUT2D eigenvalue weighted by molar-refractivity contribution is 5.79. The average molecular weight is 391 g/mol. The van der Waals surface area contributed by atoms with Gasteiger partial charge in [0.2, 0.25) is 0 Å². The molecule has 0 radical (unpaired) electrons. The standard InChI is InChI=1S/C20H27F2N5O/c1-4-19(17-6-5-15(21)12-18(17)22)26-7-9-27(10-8-26)20(23-3)24-13-16-11-14(2)25-28-16/h5-6,11-12,19H,4,7-10,13H2,1-3H3,(H,23,24). The highest BCUT2D eigenvalue weighted by Crippen LogP contribution is 2.28. The number of benzene rings is 1. The van der Waals surface area contributed by atoms with Crippen LogP contribution in [0.4, 0.5) is 8.78 Å². The van der Waals surface area contributed by atoms with Crippen molar-refractivity contribution in [2.75, 3.05) is 33.2 Å². The fourth-order valence-electron chi connectivity index (χ4n) is 3.69. The van der Waals surface area contributed by atoms with Crippen LogP contribution in [0.2, 0.25) is 0 Å². The van der Waals surface area contributed by atoms with E-state index in [9.17, 15) is 8.78 Å². The summed E-state index contributed by atoms with van der Waals surface area (Å²) in [4.78, 5) is 8.78. The number of aromatic nitrogens is 1. The van der Waals surface area contributed by atoms with Crippen molar-refractivity contribution in [1.29, 1.82) is 0 Å². The van der Waals surface area contributed by atoms with Gasteiger partial charge in [-0.15, -0.1) is 0 Å². The largest absolute Gasteiger partial charge is 0.359 e.